The van der Waals surface area contributed by atoms with Gasteiger partial charge in [0.2, 0.25) is 0 Å². The van der Waals surface area contributed by atoms with Crippen molar-refractivity contribution in [1.29, 1.82) is 0 Å². The first kappa shape index (κ1) is 22.2. The fraction of sp³-hybridized carbons (Fsp3) is 0.333. The molecule has 0 unspecified atom stereocenters. The maximum absolute atomic E-state index is 12.1. The Morgan fingerprint density at radius 2 is 1.32 bits per heavy atom. The van der Waals surface area contributed by atoms with Crippen LogP contribution in [0.25, 0.3) is 0 Å². The summed E-state index contributed by atoms with van der Waals surface area (Å²) in [5, 5.41) is 8.21. The molecule has 0 spiro atoms. The Morgan fingerprint density at radius 1 is 0.857 bits per heavy atom. The molecule has 28 heavy (non-hydrogen) atoms. The van der Waals surface area contributed by atoms with Crippen LogP contribution in [0.2, 0.25) is 0 Å². The van der Waals surface area contributed by atoms with Crippen molar-refractivity contribution in [1.82, 2.24) is 0 Å². The Hall–Kier alpha value is -2.14. The largest absolute Gasteiger partial charge is 0.397 e. The van der Waals surface area contributed by atoms with Crippen molar-refractivity contribution in [3.8, 4) is 0 Å². The molecular weight excluding hydrogens is 404 g/mol. The molecule has 0 bridgehead atoms. The molecule has 2 rings (SSSR count). The highest BCUT2D eigenvalue weighted by molar-refractivity contribution is 7.91. The molecule has 1 N–H and O–H groups in total. The van der Waals surface area contributed by atoms with E-state index in [2.05, 4.69) is 35.2 Å². The van der Waals surface area contributed by atoms with Gasteiger partial charge in [0.1, 0.15) is 0 Å². The number of nitrogens with zero attached hydrogens (tertiary/aromatic N) is 2. The lowest BCUT2D eigenvalue weighted by molar-refractivity contribution is 0.284. The van der Waals surface area contributed by atoms with Gasteiger partial charge in [0.15, 0.2) is 9.84 Å². The summed E-state index contributed by atoms with van der Waals surface area (Å²) < 4.78 is 57.7. The highest BCUT2D eigenvalue weighted by Crippen LogP contribution is 2.26. The molecule has 2 aromatic carbocycles. The quantitative estimate of drug-likeness (QED) is 0.527. The van der Waals surface area contributed by atoms with Gasteiger partial charge in [-0.15, -0.1) is 0 Å². The van der Waals surface area contributed by atoms with Gasteiger partial charge in [0.25, 0.3) is 0 Å². The summed E-state index contributed by atoms with van der Waals surface area (Å²) in [5.74, 6) is -0.590. The molecule has 0 atom stereocenters. The topological polar surface area (TPSA) is 122 Å². The van der Waals surface area contributed by atoms with E-state index in [9.17, 15) is 16.8 Å². The van der Waals surface area contributed by atoms with Gasteiger partial charge in [0.05, 0.1) is 28.6 Å². The van der Waals surface area contributed by atoms with E-state index in [0.29, 0.717) is 11.4 Å². The van der Waals surface area contributed by atoms with Crippen molar-refractivity contribution in [3.05, 3.63) is 54.1 Å². The number of sulfone groups is 1. The van der Waals surface area contributed by atoms with Crippen molar-refractivity contribution in [2.45, 2.75) is 31.1 Å². The summed E-state index contributed by atoms with van der Waals surface area (Å²) in [7, 11) is -8.43. The van der Waals surface area contributed by atoms with Crippen LogP contribution in [0.1, 0.15) is 26.3 Å². The van der Waals surface area contributed by atoms with Crippen LogP contribution in [0.5, 0.6) is 0 Å². The molecule has 10 heteroatoms. The second-order valence-corrected chi connectivity index (χ2v) is 10.3. The first-order chi connectivity index (χ1) is 12.9. The average molecular weight is 427 g/mol. The fourth-order valence-electron chi connectivity index (χ4n) is 2.23. The lowest BCUT2D eigenvalue weighted by Gasteiger charge is -2.18. The minimum absolute atomic E-state index is 0.0140. The number of rotatable bonds is 7. The minimum atomic E-state index is -4.67. The predicted molar refractivity (Wildman–Crippen MR) is 105 cm³/mol. The van der Waals surface area contributed by atoms with E-state index in [1.807, 2.05) is 24.3 Å². The molecule has 0 radical (unpaired) electrons. The smallest absolute Gasteiger partial charge is 0.264 e. The van der Waals surface area contributed by atoms with Crippen molar-refractivity contribution in [3.63, 3.8) is 0 Å². The normalized spacial score (nSPS) is 13.1. The van der Waals surface area contributed by atoms with Crippen molar-refractivity contribution < 1.29 is 25.6 Å². The third kappa shape index (κ3) is 6.79. The van der Waals surface area contributed by atoms with Gasteiger partial charge in [0, 0.05) is 0 Å². The zero-order valence-electron chi connectivity index (χ0n) is 15.7. The lowest BCUT2D eigenvalue weighted by atomic mass is 9.87. The summed E-state index contributed by atoms with van der Waals surface area (Å²) in [6, 6.07) is 13.4. The van der Waals surface area contributed by atoms with Gasteiger partial charge in [-0.25, -0.2) is 12.6 Å². The second kappa shape index (κ2) is 8.48. The first-order valence-electron chi connectivity index (χ1n) is 8.34. The van der Waals surface area contributed by atoms with Crippen LogP contribution in [-0.2, 0) is 29.8 Å². The molecule has 2 aromatic rings. The molecule has 8 nitrogen and oxygen atoms in total. The monoisotopic (exact) mass is 426 g/mol. The molecule has 0 saturated carbocycles. The van der Waals surface area contributed by atoms with Crippen molar-refractivity contribution in [2.24, 2.45) is 10.2 Å². The molecular formula is C18H22N2O6S2. The zero-order chi connectivity index (χ0) is 21.0. The Bertz CT molecular complexity index is 1040. The third-order valence-electron chi connectivity index (χ3n) is 3.79. The Balaban J connectivity index is 2.05. The zero-order valence-corrected chi connectivity index (χ0v) is 17.4. The van der Waals surface area contributed by atoms with Gasteiger partial charge in [-0.1, -0.05) is 32.9 Å². The van der Waals surface area contributed by atoms with Crippen LogP contribution in [0.4, 0.5) is 11.4 Å². The highest BCUT2D eigenvalue weighted by atomic mass is 32.3. The SMILES string of the molecule is CC(C)(C)c1ccc(N=Nc2ccc(S(=O)(=O)CCOS(=O)(=O)O)cc2)cc1. The van der Waals surface area contributed by atoms with Crippen LogP contribution in [0.15, 0.2) is 63.7 Å². The van der Waals surface area contributed by atoms with E-state index in [4.69, 9.17) is 4.55 Å². The molecule has 0 saturated heterocycles. The Labute approximate surface area is 165 Å². The molecule has 0 amide bonds. The number of hydrogen-bond acceptors (Lipinski definition) is 7. The summed E-state index contributed by atoms with van der Waals surface area (Å²) in [4.78, 5) is -0.0140. The average Bonchev–Trinajstić information content (AvgIpc) is 2.58. The molecule has 0 aliphatic rings. The van der Waals surface area contributed by atoms with E-state index in [-0.39, 0.29) is 10.3 Å². The van der Waals surface area contributed by atoms with Gasteiger partial charge in [-0.2, -0.15) is 18.6 Å². The van der Waals surface area contributed by atoms with Gasteiger partial charge >= 0.3 is 10.4 Å². The van der Waals surface area contributed by atoms with E-state index in [1.54, 1.807) is 0 Å². The third-order valence-corrected chi connectivity index (χ3v) is 5.95. The van der Waals surface area contributed by atoms with Crippen molar-refractivity contribution >= 4 is 31.6 Å². The lowest BCUT2D eigenvalue weighted by Crippen LogP contribution is -2.15. The maximum atomic E-state index is 12.1. The molecule has 152 valence electrons. The Morgan fingerprint density at radius 3 is 1.75 bits per heavy atom. The molecule has 0 aliphatic heterocycles. The van der Waals surface area contributed by atoms with E-state index >= 15 is 0 Å². The highest BCUT2D eigenvalue weighted by Gasteiger charge is 2.16. The van der Waals surface area contributed by atoms with Gasteiger partial charge in [-0.05, 0) is 47.4 Å². The number of benzene rings is 2. The van der Waals surface area contributed by atoms with Crippen LogP contribution in [0.3, 0.4) is 0 Å². The van der Waals surface area contributed by atoms with Crippen LogP contribution < -0.4 is 0 Å². The minimum Gasteiger partial charge on any atom is -0.264 e. The molecule has 0 fully saturated rings. The molecule has 0 aliphatic carbocycles. The standard InChI is InChI=1S/C18H22N2O6S2/c1-18(2,3)14-4-6-15(7-5-14)19-20-16-8-10-17(11-9-16)27(21,22)13-12-26-28(23,24)25/h4-11H,12-13H2,1-3H3,(H,23,24,25). The predicted octanol–water partition coefficient (Wildman–Crippen LogP) is 3.99. The molecule has 0 heterocycles. The number of azo groups is 1. The summed E-state index contributed by atoms with van der Waals surface area (Å²) >= 11 is 0. The molecule has 0 aromatic heterocycles. The van der Waals surface area contributed by atoms with Crippen LogP contribution >= 0.6 is 0 Å². The fourth-order valence-corrected chi connectivity index (χ4v) is 3.72. The summed E-state index contributed by atoms with van der Waals surface area (Å²) in [5.41, 5.74) is 2.36. The van der Waals surface area contributed by atoms with Gasteiger partial charge in [-0.3, -0.25) is 4.55 Å². The Kier molecular flexibility index (Phi) is 6.71. The maximum Gasteiger partial charge on any atom is 0.397 e. The van der Waals surface area contributed by atoms with E-state index < -0.39 is 32.6 Å². The van der Waals surface area contributed by atoms with E-state index in [1.165, 1.54) is 29.8 Å². The summed E-state index contributed by atoms with van der Waals surface area (Å²) in [6.07, 6.45) is 0. The second-order valence-electron chi connectivity index (χ2n) is 7.06. The summed E-state index contributed by atoms with van der Waals surface area (Å²) in [6.45, 7) is 5.68. The van der Waals surface area contributed by atoms with Crippen LogP contribution in [-0.4, -0.2) is 33.7 Å². The van der Waals surface area contributed by atoms with Gasteiger partial charge < -0.3 is 0 Å². The van der Waals surface area contributed by atoms with E-state index in [0.717, 1.165) is 0 Å². The van der Waals surface area contributed by atoms with Crippen LogP contribution in [0, 0.1) is 0 Å². The number of hydrogen-bond donors (Lipinski definition) is 1. The van der Waals surface area contributed by atoms with Crippen molar-refractivity contribution in [2.75, 3.05) is 12.4 Å². The first-order valence-corrected chi connectivity index (χ1v) is 11.4.